The van der Waals surface area contributed by atoms with Gasteiger partial charge in [0.1, 0.15) is 0 Å². The molecule has 0 unspecified atom stereocenters. The third kappa shape index (κ3) is 3.51. The zero-order valence-corrected chi connectivity index (χ0v) is 14.2. The molecule has 5 nitrogen and oxygen atoms in total. The van der Waals surface area contributed by atoms with E-state index in [1.807, 2.05) is 35.2 Å². The predicted octanol–water partition coefficient (Wildman–Crippen LogP) is 3.29. The second-order valence-electron chi connectivity index (χ2n) is 6.73. The van der Waals surface area contributed by atoms with Gasteiger partial charge in [0.15, 0.2) is 0 Å². The van der Waals surface area contributed by atoms with Crippen molar-refractivity contribution in [1.82, 2.24) is 15.2 Å². The van der Waals surface area contributed by atoms with Crippen LogP contribution in [0.2, 0.25) is 0 Å². The fourth-order valence-corrected chi connectivity index (χ4v) is 3.86. The lowest BCUT2D eigenvalue weighted by Gasteiger charge is -2.36. The van der Waals surface area contributed by atoms with Gasteiger partial charge in [-0.2, -0.15) is 0 Å². The first-order valence-corrected chi connectivity index (χ1v) is 8.95. The summed E-state index contributed by atoms with van der Waals surface area (Å²) in [5, 5.41) is 3.03. The number of aromatic nitrogens is 1. The number of ether oxygens (including phenoxy) is 1. The Balaban J connectivity index is 1.41. The number of rotatable bonds is 3. The van der Waals surface area contributed by atoms with Crippen molar-refractivity contribution >= 4 is 6.03 Å². The van der Waals surface area contributed by atoms with E-state index in [0.29, 0.717) is 6.54 Å². The van der Waals surface area contributed by atoms with Crippen LogP contribution in [-0.2, 0) is 11.3 Å². The van der Waals surface area contributed by atoms with Crippen LogP contribution in [0, 0.1) is 0 Å². The highest BCUT2D eigenvalue weighted by atomic mass is 16.5. The maximum absolute atomic E-state index is 12.7. The molecule has 0 radical (unpaired) electrons. The van der Waals surface area contributed by atoms with E-state index in [0.717, 1.165) is 31.4 Å². The number of benzene rings is 1. The van der Waals surface area contributed by atoms with Crippen molar-refractivity contribution in [3.8, 4) is 0 Å². The topological polar surface area (TPSA) is 54.5 Å². The minimum absolute atomic E-state index is 0.00383. The number of hydrogen-bond donors (Lipinski definition) is 1. The fourth-order valence-electron chi connectivity index (χ4n) is 3.86. The summed E-state index contributed by atoms with van der Waals surface area (Å²) in [5.74, 6) is 0. The molecule has 2 saturated heterocycles. The normalized spacial score (nSPS) is 25.4. The lowest BCUT2D eigenvalue weighted by atomic mass is 9.96. The standard InChI is InChI=1S/C20H23N3O2/c24-20(22-14-15-6-4-10-21-13-15)23-11-5-9-18-17(23)12-19(25-18)16-7-2-1-3-8-16/h1-4,6-8,10,13,17-19H,5,9,11-12,14H2,(H,22,24)/t17-,18-,19-/m0/s1. The van der Waals surface area contributed by atoms with E-state index in [9.17, 15) is 4.79 Å². The highest BCUT2D eigenvalue weighted by Crippen LogP contribution is 2.39. The van der Waals surface area contributed by atoms with Gasteiger partial charge in [0.05, 0.1) is 18.2 Å². The Morgan fingerprint density at radius 3 is 2.92 bits per heavy atom. The van der Waals surface area contributed by atoms with Gasteiger partial charge in [-0.3, -0.25) is 4.98 Å². The van der Waals surface area contributed by atoms with E-state index >= 15 is 0 Å². The average molecular weight is 337 g/mol. The smallest absolute Gasteiger partial charge is 0.318 e. The molecular weight excluding hydrogens is 314 g/mol. The second-order valence-corrected chi connectivity index (χ2v) is 6.73. The summed E-state index contributed by atoms with van der Waals surface area (Å²) < 4.78 is 6.26. The highest BCUT2D eigenvalue weighted by Gasteiger charge is 2.43. The van der Waals surface area contributed by atoms with Crippen LogP contribution in [0.1, 0.15) is 36.5 Å². The number of nitrogens with zero attached hydrogens (tertiary/aromatic N) is 2. The van der Waals surface area contributed by atoms with Crippen molar-refractivity contribution in [3.63, 3.8) is 0 Å². The van der Waals surface area contributed by atoms with Crippen molar-refractivity contribution in [2.75, 3.05) is 6.54 Å². The highest BCUT2D eigenvalue weighted by molar-refractivity contribution is 5.74. The van der Waals surface area contributed by atoms with Gasteiger partial charge in [-0.15, -0.1) is 0 Å². The van der Waals surface area contributed by atoms with Crippen molar-refractivity contribution in [1.29, 1.82) is 0 Å². The Bertz CT molecular complexity index is 707. The van der Waals surface area contributed by atoms with Gasteiger partial charge in [-0.1, -0.05) is 36.4 Å². The van der Waals surface area contributed by atoms with Crippen LogP contribution in [0.25, 0.3) is 0 Å². The Hall–Kier alpha value is -2.40. The summed E-state index contributed by atoms with van der Waals surface area (Å²) in [5.41, 5.74) is 2.21. The second kappa shape index (κ2) is 7.23. The predicted molar refractivity (Wildman–Crippen MR) is 94.9 cm³/mol. The van der Waals surface area contributed by atoms with E-state index < -0.39 is 0 Å². The van der Waals surface area contributed by atoms with Gasteiger partial charge in [-0.05, 0) is 30.0 Å². The van der Waals surface area contributed by atoms with E-state index in [2.05, 4.69) is 22.4 Å². The summed E-state index contributed by atoms with van der Waals surface area (Å²) in [6.07, 6.45) is 6.63. The van der Waals surface area contributed by atoms with Crippen LogP contribution >= 0.6 is 0 Å². The lowest BCUT2D eigenvalue weighted by Crippen LogP contribution is -2.52. The minimum Gasteiger partial charge on any atom is -0.368 e. The number of hydrogen-bond acceptors (Lipinski definition) is 3. The molecule has 4 rings (SSSR count). The number of carbonyl (C=O) groups excluding carboxylic acids is 1. The number of pyridine rings is 1. The molecule has 0 aliphatic carbocycles. The van der Waals surface area contributed by atoms with Crippen LogP contribution in [-0.4, -0.2) is 34.6 Å². The van der Waals surface area contributed by atoms with Gasteiger partial charge >= 0.3 is 6.03 Å². The van der Waals surface area contributed by atoms with Crippen molar-refractivity contribution in [3.05, 3.63) is 66.0 Å². The largest absolute Gasteiger partial charge is 0.368 e. The summed E-state index contributed by atoms with van der Waals surface area (Å²) in [6.45, 7) is 1.30. The zero-order chi connectivity index (χ0) is 17.1. The minimum atomic E-state index is -0.00383. The maximum Gasteiger partial charge on any atom is 0.318 e. The molecule has 0 saturated carbocycles. The van der Waals surface area contributed by atoms with E-state index in [1.165, 1.54) is 5.56 Å². The quantitative estimate of drug-likeness (QED) is 0.935. The van der Waals surface area contributed by atoms with Crippen molar-refractivity contribution in [2.45, 2.75) is 44.1 Å². The first kappa shape index (κ1) is 16.1. The van der Waals surface area contributed by atoms with Gasteiger partial charge < -0.3 is 15.0 Å². The van der Waals surface area contributed by atoms with Gasteiger partial charge in [0.2, 0.25) is 0 Å². The Morgan fingerprint density at radius 1 is 1.24 bits per heavy atom. The SMILES string of the molecule is O=C(NCc1cccnc1)N1CCC[C@@H]2O[C@H](c3ccccc3)C[C@@H]21. The molecule has 2 amide bonds. The van der Waals surface area contributed by atoms with E-state index in [1.54, 1.807) is 12.4 Å². The summed E-state index contributed by atoms with van der Waals surface area (Å²) in [4.78, 5) is 18.7. The molecule has 3 atom stereocenters. The Kier molecular flexibility index (Phi) is 4.65. The number of nitrogens with one attached hydrogen (secondary N) is 1. The first-order chi connectivity index (χ1) is 12.3. The molecule has 5 heteroatoms. The molecular formula is C20H23N3O2. The number of fused-ring (bicyclic) bond motifs is 1. The molecule has 0 bridgehead atoms. The lowest BCUT2D eigenvalue weighted by molar-refractivity contribution is 0.00551. The number of urea groups is 1. The first-order valence-electron chi connectivity index (χ1n) is 8.95. The molecule has 25 heavy (non-hydrogen) atoms. The third-order valence-corrected chi connectivity index (χ3v) is 5.11. The summed E-state index contributed by atoms with van der Waals surface area (Å²) >= 11 is 0. The number of piperidine rings is 1. The Morgan fingerprint density at radius 2 is 2.12 bits per heavy atom. The third-order valence-electron chi connectivity index (χ3n) is 5.11. The number of amides is 2. The molecule has 2 aliphatic heterocycles. The molecule has 2 aromatic rings. The molecule has 3 heterocycles. The summed E-state index contributed by atoms with van der Waals surface area (Å²) in [7, 11) is 0. The van der Waals surface area contributed by atoms with Crippen LogP contribution in [0.4, 0.5) is 4.79 Å². The van der Waals surface area contributed by atoms with Crippen molar-refractivity contribution < 1.29 is 9.53 Å². The Labute approximate surface area is 148 Å². The molecule has 1 aromatic heterocycles. The van der Waals surface area contributed by atoms with Crippen molar-refractivity contribution in [2.24, 2.45) is 0 Å². The summed E-state index contributed by atoms with van der Waals surface area (Å²) in [6, 6.07) is 14.3. The van der Waals surface area contributed by atoms with Crippen LogP contribution in [0.15, 0.2) is 54.9 Å². The monoisotopic (exact) mass is 337 g/mol. The van der Waals surface area contributed by atoms with Gasteiger partial charge in [0, 0.05) is 31.9 Å². The molecule has 2 aliphatic rings. The van der Waals surface area contributed by atoms with Crippen LogP contribution in [0.3, 0.4) is 0 Å². The molecule has 0 spiro atoms. The average Bonchev–Trinajstić information content (AvgIpc) is 3.12. The number of carbonyl (C=O) groups is 1. The van der Waals surface area contributed by atoms with Crippen LogP contribution in [0.5, 0.6) is 0 Å². The van der Waals surface area contributed by atoms with Gasteiger partial charge in [-0.25, -0.2) is 4.79 Å². The zero-order valence-electron chi connectivity index (χ0n) is 14.2. The molecule has 2 fully saturated rings. The molecule has 1 aromatic carbocycles. The molecule has 130 valence electrons. The number of likely N-dealkylation sites (tertiary alicyclic amines) is 1. The van der Waals surface area contributed by atoms with E-state index in [4.69, 9.17) is 4.74 Å². The van der Waals surface area contributed by atoms with Crippen LogP contribution < -0.4 is 5.32 Å². The molecule has 1 N–H and O–H groups in total. The van der Waals surface area contributed by atoms with Gasteiger partial charge in [0.25, 0.3) is 0 Å². The fraction of sp³-hybridized carbons (Fsp3) is 0.400. The maximum atomic E-state index is 12.7. The van der Waals surface area contributed by atoms with E-state index in [-0.39, 0.29) is 24.3 Å².